The van der Waals surface area contributed by atoms with Gasteiger partial charge in [0.1, 0.15) is 5.82 Å². The van der Waals surface area contributed by atoms with E-state index in [0.29, 0.717) is 17.1 Å². The van der Waals surface area contributed by atoms with Gasteiger partial charge in [-0.05, 0) is 25.0 Å². The predicted octanol–water partition coefficient (Wildman–Crippen LogP) is 2.03. The second-order valence-electron chi connectivity index (χ2n) is 4.02. The number of nitrogens with zero attached hydrogens (tertiary/aromatic N) is 1. The second kappa shape index (κ2) is 4.86. The van der Waals surface area contributed by atoms with Crippen LogP contribution in [0.5, 0.6) is 0 Å². The summed E-state index contributed by atoms with van der Waals surface area (Å²) in [6.45, 7) is 0. The summed E-state index contributed by atoms with van der Waals surface area (Å²) >= 11 is 1.84. The van der Waals surface area contributed by atoms with E-state index < -0.39 is 0 Å². The molecule has 2 atom stereocenters. The number of nitrogen functional groups attached to an aromatic ring is 1. The molecule has 3 nitrogen and oxygen atoms in total. The lowest BCUT2D eigenvalue weighted by Gasteiger charge is -2.27. The molecular formula is C11H17N3S. The van der Waals surface area contributed by atoms with Gasteiger partial charge in [-0.3, -0.25) is 0 Å². The van der Waals surface area contributed by atoms with Gasteiger partial charge in [0.25, 0.3) is 0 Å². The lowest BCUT2D eigenvalue weighted by Crippen LogP contribution is -2.35. The highest BCUT2D eigenvalue weighted by atomic mass is 32.2. The van der Waals surface area contributed by atoms with Gasteiger partial charge in [0.15, 0.2) is 0 Å². The Labute approximate surface area is 94.6 Å². The highest BCUT2D eigenvalue weighted by molar-refractivity contribution is 8.00. The van der Waals surface area contributed by atoms with E-state index >= 15 is 0 Å². The first-order chi connectivity index (χ1) is 7.25. The number of nitrogens with two attached hydrogens (primary N) is 2. The maximum atomic E-state index is 6.09. The highest BCUT2D eigenvalue weighted by Crippen LogP contribution is 2.32. The lowest BCUT2D eigenvalue weighted by atomic mass is 9.96. The minimum atomic E-state index is 0.335. The van der Waals surface area contributed by atoms with Crippen molar-refractivity contribution in [1.29, 1.82) is 0 Å². The number of hydrogen-bond donors (Lipinski definition) is 2. The van der Waals surface area contributed by atoms with Gasteiger partial charge in [-0.15, -0.1) is 11.8 Å². The van der Waals surface area contributed by atoms with Crippen LogP contribution in [0.25, 0.3) is 0 Å². The van der Waals surface area contributed by atoms with E-state index in [1.54, 1.807) is 0 Å². The van der Waals surface area contributed by atoms with Crippen molar-refractivity contribution >= 4 is 17.6 Å². The second-order valence-corrected chi connectivity index (χ2v) is 5.34. The molecule has 0 aromatic carbocycles. The van der Waals surface area contributed by atoms with Gasteiger partial charge in [-0.2, -0.15) is 0 Å². The fraction of sp³-hybridized carbons (Fsp3) is 0.545. The Morgan fingerprint density at radius 3 is 2.73 bits per heavy atom. The molecule has 4 N–H and O–H groups in total. The molecule has 1 aromatic rings. The van der Waals surface area contributed by atoms with Gasteiger partial charge in [0, 0.05) is 22.4 Å². The fourth-order valence-electron chi connectivity index (χ4n) is 1.91. The van der Waals surface area contributed by atoms with Crippen LogP contribution < -0.4 is 11.5 Å². The summed E-state index contributed by atoms with van der Waals surface area (Å²) in [7, 11) is 0. The largest absolute Gasteiger partial charge is 0.384 e. The summed E-state index contributed by atoms with van der Waals surface area (Å²) < 4.78 is 0. The Kier molecular flexibility index (Phi) is 3.49. The molecule has 0 bridgehead atoms. The van der Waals surface area contributed by atoms with E-state index in [1.807, 2.05) is 30.1 Å². The maximum Gasteiger partial charge on any atom is 0.123 e. The van der Waals surface area contributed by atoms with Crippen LogP contribution in [0.15, 0.2) is 23.2 Å². The van der Waals surface area contributed by atoms with Crippen LogP contribution >= 0.6 is 11.8 Å². The summed E-state index contributed by atoms with van der Waals surface area (Å²) in [5.74, 6) is 0.576. The summed E-state index contributed by atoms with van der Waals surface area (Å²) in [5, 5.41) is 0.546. The third-order valence-electron chi connectivity index (χ3n) is 2.80. The molecule has 82 valence electrons. The first kappa shape index (κ1) is 10.8. The number of thioether (sulfide) groups is 1. The third-order valence-corrected chi connectivity index (χ3v) is 4.20. The fourth-order valence-corrected chi connectivity index (χ4v) is 3.11. The molecule has 15 heavy (non-hydrogen) atoms. The van der Waals surface area contributed by atoms with Gasteiger partial charge in [0.05, 0.1) is 0 Å². The van der Waals surface area contributed by atoms with Crippen LogP contribution in [0, 0.1) is 0 Å². The summed E-state index contributed by atoms with van der Waals surface area (Å²) in [5.41, 5.74) is 11.6. The number of pyridine rings is 1. The first-order valence-electron chi connectivity index (χ1n) is 5.39. The zero-order valence-electron chi connectivity index (χ0n) is 8.73. The predicted molar refractivity (Wildman–Crippen MR) is 64.7 cm³/mol. The SMILES string of the molecule is Nc1ccc(SC2CCCCC2N)cn1. The molecule has 0 amide bonds. The Balaban J connectivity index is 1.98. The molecule has 0 aliphatic heterocycles. The van der Waals surface area contributed by atoms with E-state index in [-0.39, 0.29) is 0 Å². The first-order valence-corrected chi connectivity index (χ1v) is 6.27. The van der Waals surface area contributed by atoms with Gasteiger partial charge >= 0.3 is 0 Å². The number of anilines is 1. The minimum Gasteiger partial charge on any atom is -0.384 e. The summed E-state index contributed by atoms with van der Waals surface area (Å²) in [6.07, 6.45) is 6.78. The van der Waals surface area contributed by atoms with E-state index in [4.69, 9.17) is 11.5 Å². The number of aromatic nitrogens is 1. The van der Waals surface area contributed by atoms with Gasteiger partial charge in [-0.1, -0.05) is 12.8 Å². The zero-order chi connectivity index (χ0) is 10.7. The molecular weight excluding hydrogens is 206 g/mol. The Bertz CT molecular complexity index is 312. The van der Waals surface area contributed by atoms with Crippen molar-refractivity contribution in [2.24, 2.45) is 5.73 Å². The van der Waals surface area contributed by atoms with Crippen LogP contribution in [0.2, 0.25) is 0 Å². The van der Waals surface area contributed by atoms with Gasteiger partial charge in [-0.25, -0.2) is 4.98 Å². The average Bonchev–Trinajstić information content (AvgIpc) is 2.25. The molecule has 1 fully saturated rings. The Morgan fingerprint density at radius 2 is 2.07 bits per heavy atom. The van der Waals surface area contributed by atoms with Crippen LogP contribution in [-0.2, 0) is 0 Å². The molecule has 0 radical (unpaired) electrons. The molecule has 1 aliphatic rings. The van der Waals surface area contributed by atoms with E-state index in [9.17, 15) is 0 Å². The monoisotopic (exact) mass is 223 g/mol. The standard InChI is InChI=1S/C11H17N3S/c12-9-3-1-2-4-10(9)15-8-5-6-11(13)14-7-8/h5-7,9-10H,1-4,12H2,(H2,13,14). The van der Waals surface area contributed by atoms with Gasteiger partial charge in [0.2, 0.25) is 0 Å². The molecule has 0 spiro atoms. The van der Waals surface area contributed by atoms with E-state index in [2.05, 4.69) is 4.98 Å². The topological polar surface area (TPSA) is 64.9 Å². The van der Waals surface area contributed by atoms with Crippen molar-refractivity contribution in [2.75, 3.05) is 5.73 Å². The van der Waals surface area contributed by atoms with Crippen molar-refractivity contribution in [2.45, 2.75) is 41.9 Å². The maximum absolute atomic E-state index is 6.09. The van der Waals surface area contributed by atoms with Crippen LogP contribution in [0.4, 0.5) is 5.82 Å². The number of rotatable bonds is 2. The molecule has 1 saturated carbocycles. The Morgan fingerprint density at radius 1 is 1.27 bits per heavy atom. The quantitative estimate of drug-likeness (QED) is 0.805. The molecule has 0 saturated heterocycles. The summed E-state index contributed by atoms with van der Waals surface area (Å²) in [4.78, 5) is 5.26. The lowest BCUT2D eigenvalue weighted by molar-refractivity contribution is 0.453. The van der Waals surface area contributed by atoms with E-state index in [0.717, 1.165) is 6.42 Å². The van der Waals surface area contributed by atoms with Crippen molar-refractivity contribution < 1.29 is 0 Å². The molecule has 4 heteroatoms. The van der Waals surface area contributed by atoms with Crippen LogP contribution in [0.1, 0.15) is 25.7 Å². The van der Waals surface area contributed by atoms with Crippen molar-refractivity contribution in [3.8, 4) is 0 Å². The van der Waals surface area contributed by atoms with Crippen LogP contribution in [0.3, 0.4) is 0 Å². The van der Waals surface area contributed by atoms with Crippen molar-refractivity contribution in [1.82, 2.24) is 4.98 Å². The normalized spacial score (nSPS) is 26.5. The zero-order valence-corrected chi connectivity index (χ0v) is 9.54. The van der Waals surface area contributed by atoms with Crippen LogP contribution in [-0.4, -0.2) is 16.3 Å². The van der Waals surface area contributed by atoms with E-state index in [1.165, 1.54) is 24.2 Å². The highest BCUT2D eigenvalue weighted by Gasteiger charge is 2.22. The van der Waals surface area contributed by atoms with Gasteiger partial charge < -0.3 is 11.5 Å². The summed E-state index contributed by atoms with van der Waals surface area (Å²) in [6, 6.07) is 4.20. The molecule has 1 aliphatic carbocycles. The average molecular weight is 223 g/mol. The third kappa shape index (κ3) is 2.86. The Hall–Kier alpha value is -0.740. The number of hydrogen-bond acceptors (Lipinski definition) is 4. The van der Waals surface area contributed by atoms with Crippen molar-refractivity contribution in [3.05, 3.63) is 18.3 Å². The molecule has 1 aromatic heterocycles. The van der Waals surface area contributed by atoms with Crippen molar-refractivity contribution in [3.63, 3.8) is 0 Å². The minimum absolute atomic E-state index is 0.335. The molecule has 2 unspecified atom stereocenters. The molecule has 1 heterocycles. The smallest absolute Gasteiger partial charge is 0.123 e. The molecule has 2 rings (SSSR count).